The molecule has 1 N–H and O–H groups in total. The molecule has 1 aromatic rings. The van der Waals surface area contributed by atoms with Gasteiger partial charge in [-0.2, -0.15) is 0 Å². The highest BCUT2D eigenvalue weighted by Crippen LogP contribution is 2.66. The predicted octanol–water partition coefficient (Wildman–Crippen LogP) is 3.99. The summed E-state index contributed by atoms with van der Waals surface area (Å²) in [6.07, 6.45) is 7.08. The first kappa shape index (κ1) is 14.3. The van der Waals surface area contributed by atoms with Crippen LogP contribution >= 0.6 is 0 Å². The fourth-order valence-corrected chi connectivity index (χ4v) is 6.45. The molecule has 0 radical (unpaired) electrons. The van der Waals surface area contributed by atoms with Crippen molar-refractivity contribution in [2.75, 3.05) is 13.2 Å². The number of fused-ring (bicyclic) bond motifs is 6. The van der Waals surface area contributed by atoms with Gasteiger partial charge in [-0.25, -0.2) is 0 Å². The largest absolute Gasteiger partial charge is 0.508 e. The lowest BCUT2D eigenvalue weighted by Gasteiger charge is -2.52. The van der Waals surface area contributed by atoms with Gasteiger partial charge in [0.25, 0.3) is 0 Å². The second kappa shape index (κ2) is 4.73. The Morgan fingerprint density at radius 3 is 2.74 bits per heavy atom. The van der Waals surface area contributed by atoms with Gasteiger partial charge in [0.1, 0.15) is 5.75 Å². The van der Waals surface area contributed by atoms with Gasteiger partial charge in [0.2, 0.25) is 0 Å². The van der Waals surface area contributed by atoms with Gasteiger partial charge < -0.3 is 14.6 Å². The minimum Gasteiger partial charge on any atom is -0.508 e. The third-order valence-corrected chi connectivity index (χ3v) is 7.51. The van der Waals surface area contributed by atoms with Crippen molar-refractivity contribution in [1.29, 1.82) is 0 Å². The molecular formula is C20H26O3. The molecule has 0 aromatic heterocycles. The van der Waals surface area contributed by atoms with Crippen LogP contribution in [0.3, 0.4) is 0 Å². The first-order valence-electron chi connectivity index (χ1n) is 9.23. The van der Waals surface area contributed by atoms with Crippen molar-refractivity contribution in [1.82, 2.24) is 0 Å². The third-order valence-electron chi connectivity index (χ3n) is 7.51. The molecule has 3 aliphatic carbocycles. The number of ether oxygens (including phenoxy) is 2. The SMILES string of the molecule is C[C@]12CC[C@@H]3c4ccc(O)cc4CC[C@@H]3[C@H]1CCC21OCCO1. The van der Waals surface area contributed by atoms with Crippen molar-refractivity contribution < 1.29 is 14.6 Å². The lowest BCUT2D eigenvalue weighted by atomic mass is 9.55. The third kappa shape index (κ3) is 1.78. The summed E-state index contributed by atoms with van der Waals surface area (Å²) in [7, 11) is 0. The van der Waals surface area contributed by atoms with Gasteiger partial charge in [0.15, 0.2) is 5.79 Å². The fraction of sp³-hybridized carbons (Fsp3) is 0.700. The quantitative estimate of drug-likeness (QED) is 0.787. The predicted molar refractivity (Wildman–Crippen MR) is 87.4 cm³/mol. The Balaban J connectivity index is 1.51. The molecule has 1 heterocycles. The molecule has 4 atom stereocenters. The van der Waals surface area contributed by atoms with E-state index in [1.165, 1.54) is 36.8 Å². The maximum Gasteiger partial charge on any atom is 0.174 e. The van der Waals surface area contributed by atoms with Crippen molar-refractivity contribution in [3.05, 3.63) is 29.3 Å². The number of rotatable bonds is 0. The standard InChI is InChI=1S/C20H26O3/c1-19-8-6-16-15-5-3-14(21)12-13(15)2-4-17(16)18(19)7-9-20(19)22-10-11-23-20/h3,5,12,16-18,21H,2,4,6-11H2,1H3/t16-,17+,18-,19+/m1/s1. The summed E-state index contributed by atoms with van der Waals surface area (Å²) in [6, 6.07) is 6.03. The molecule has 1 saturated heterocycles. The van der Waals surface area contributed by atoms with Crippen LogP contribution in [0, 0.1) is 17.3 Å². The van der Waals surface area contributed by atoms with Gasteiger partial charge >= 0.3 is 0 Å². The zero-order chi connectivity index (χ0) is 15.7. The number of phenols is 1. The summed E-state index contributed by atoms with van der Waals surface area (Å²) >= 11 is 0. The highest BCUT2D eigenvalue weighted by Gasteiger charge is 2.64. The number of hydrogen-bond acceptors (Lipinski definition) is 3. The summed E-state index contributed by atoms with van der Waals surface area (Å²) in [6.45, 7) is 3.95. The van der Waals surface area contributed by atoms with Gasteiger partial charge in [-0.05, 0) is 73.1 Å². The number of aromatic hydroxyl groups is 1. The Morgan fingerprint density at radius 1 is 1.09 bits per heavy atom. The van der Waals surface area contributed by atoms with Crippen LogP contribution in [0.25, 0.3) is 0 Å². The Hall–Kier alpha value is -1.06. The average molecular weight is 314 g/mol. The van der Waals surface area contributed by atoms with Crippen LogP contribution in [-0.2, 0) is 15.9 Å². The van der Waals surface area contributed by atoms with E-state index in [0.29, 0.717) is 17.6 Å². The lowest BCUT2D eigenvalue weighted by molar-refractivity contribution is -0.237. The van der Waals surface area contributed by atoms with Gasteiger partial charge in [-0.15, -0.1) is 0 Å². The van der Waals surface area contributed by atoms with Crippen molar-refractivity contribution in [3.63, 3.8) is 0 Å². The van der Waals surface area contributed by atoms with Crippen LogP contribution < -0.4 is 0 Å². The summed E-state index contributed by atoms with van der Waals surface area (Å²) in [4.78, 5) is 0. The van der Waals surface area contributed by atoms with Gasteiger partial charge in [-0.3, -0.25) is 0 Å². The first-order chi connectivity index (χ1) is 11.1. The lowest BCUT2D eigenvalue weighted by Crippen LogP contribution is -2.51. The van der Waals surface area contributed by atoms with E-state index in [4.69, 9.17) is 9.47 Å². The number of aryl methyl sites for hydroxylation is 1. The van der Waals surface area contributed by atoms with Crippen molar-refractivity contribution in [2.24, 2.45) is 17.3 Å². The second-order valence-corrected chi connectivity index (χ2v) is 8.24. The molecule has 3 heteroatoms. The Morgan fingerprint density at radius 2 is 1.91 bits per heavy atom. The van der Waals surface area contributed by atoms with E-state index in [9.17, 15) is 5.11 Å². The van der Waals surface area contributed by atoms with Crippen LogP contribution in [0.5, 0.6) is 5.75 Å². The monoisotopic (exact) mass is 314 g/mol. The molecule has 1 spiro atoms. The van der Waals surface area contributed by atoms with Crippen LogP contribution in [-0.4, -0.2) is 24.1 Å². The smallest absolute Gasteiger partial charge is 0.174 e. The second-order valence-electron chi connectivity index (χ2n) is 8.24. The highest BCUT2D eigenvalue weighted by molar-refractivity contribution is 5.40. The number of hydrogen-bond donors (Lipinski definition) is 1. The van der Waals surface area contributed by atoms with Crippen molar-refractivity contribution in [3.8, 4) is 5.75 Å². The molecule has 5 rings (SSSR count). The molecule has 3 fully saturated rings. The maximum atomic E-state index is 9.78. The number of benzene rings is 1. The summed E-state index contributed by atoms with van der Waals surface area (Å²) in [5.74, 6) is 2.24. The Labute approximate surface area is 138 Å². The molecule has 1 aromatic carbocycles. The van der Waals surface area contributed by atoms with E-state index in [0.717, 1.165) is 32.0 Å². The topological polar surface area (TPSA) is 38.7 Å². The van der Waals surface area contributed by atoms with Crippen LogP contribution in [0.15, 0.2) is 18.2 Å². The number of phenolic OH excluding ortho intramolecular Hbond substituents is 1. The average Bonchev–Trinajstić information content (AvgIpc) is 3.14. The Kier molecular flexibility index (Phi) is 2.94. The molecule has 0 bridgehead atoms. The van der Waals surface area contributed by atoms with Crippen LogP contribution in [0.4, 0.5) is 0 Å². The van der Waals surface area contributed by atoms with E-state index >= 15 is 0 Å². The highest BCUT2D eigenvalue weighted by atomic mass is 16.7. The molecule has 23 heavy (non-hydrogen) atoms. The van der Waals surface area contributed by atoms with E-state index in [1.54, 1.807) is 0 Å². The van der Waals surface area contributed by atoms with Crippen LogP contribution in [0.2, 0.25) is 0 Å². The molecular weight excluding hydrogens is 288 g/mol. The summed E-state index contributed by atoms with van der Waals surface area (Å²) < 4.78 is 12.4. The van der Waals surface area contributed by atoms with E-state index < -0.39 is 0 Å². The van der Waals surface area contributed by atoms with E-state index in [-0.39, 0.29) is 11.2 Å². The zero-order valence-electron chi connectivity index (χ0n) is 13.9. The molecule has 3 nitrogen and oxygen atoms in total. The normalized spacial score (nSPS) is 40.7. The summed E-state index contributed by atoms with van der Waals surface area (Å²) in [5, 5.41) is 9.78. The molecule has 0 unspecified atom stereocenters. The fourth-order valence-electron chi connectivity index (χ4n) is 6.45. The molecule has 2 saturated carbocycles. The van der Waals surface area contributed by atoms with E-state index in [2.05, 4.69) is 13.0 Å². The molecule has 4 aliphatic rings. The first-order valence-corrected chi connectivity index (χ1v) is 9.23. The summed E-state index contributed by atoms with van der Waals surface area (Å²) in [5.41, 5.74) is 3.05. The van der Waals surface area contributed by atoms with Crippen LogP contribution in [0.1, 0.15) is 56.1 Å². The molecule has 0 amide bonds. The molecule has 124 valence electrons. The minimum atomic E-state index is -0.294. The van der Waals surface area contributed by atoms with Gasteiger partial charge in [0.05, 0.1) is 13.2 Å². The van der Waals surface area contributed by atoms with Gasteiger partial charge in [-0.1, -0.05) is 13.0 Å². The van der Waals surface area contributed by atoms with Crippen molar-refractivity contribution >= 4 is 0 Å². The van der Waals surface area contributed by atoms with E-state index in [1.807, 2.05) is 12.1 Å². The van der Waals surface area contributed by atoms with Crippen molar-refractivity contribution in [2.45, 2.75) is 57.2 Å². The minimum absolute atomic E-state index is 0.180. The maximum absolute atomic E-state index is 9.78. The molecule has 1 aliphatic heterocycles. The zero-order valence-corrected chi connectivity index (χ0v) is 13.9. The van der Waals surface area contributed by atoms with Gasteiger partial charge in [0, 0.05) is 11.8 Å². The Bertz CT molecular complexity index is 634.